The van der Waals surface area contributed by atoms with E-state index in [-0.39, 0.29) is 18.4 Å². The van der Waals surface area contributed by atoms with Gasteiger partial charge < -0.3 is 10.4 Å². The number of carbonyl (C=O) groups is 1. The van der Waals surface area contributed by atoms with E-state index >= 15 is 0 Å². The molecule has 0 aromatic heterocycles. The maximum Gasteiger partial charge on any atom is 0.227 e. The lowest BCUT2D eigenvalue weighted by Gasteiger charge is -2.13. The van der Waals surface area contributed by atoms with E-state index in [9.17, 15) is 4.79 Å². The minimum atomic E-state index is -0.192. The fourth-order valence-corrected chi connectivity index (χ4v) is 2.31. The fraction of sp³-hybridized carbons (Fsp3) is 0.235. The van der Waals surface area contributed by atoms with Crippen molar-refractivity contribution in [1.82, 2.24) is 0 Å². The molecule has 0 bridgehead atoms. The highest BCUT2D eigenvalue weighted by atomic mass is 35.5. The number of aliphatic hydroxyl groups is 1. The Morgan fingerprint density at radius 2 is 2.00 bits per heavy atom. The van der Waals surface area contributed by atoms with Crippen molar-refractivity contribution < 1.29 is 9.90 Å². The highest BCUT2D eigenvalue weighted by Crippen LogP contribution is 2.20. The van der Waals surface area contributed by atoms with E-state index in [1.54, 1.807) is 18.2 Å². The molecule has 0 radical (unpaired) electrons. The van der Waals surface area contributed by atoms with Gasteiger partial charge in [0, 0.05) is 16.6 Å². The number of anilines is 1. The van der Waals surface area contributed by atoms with Crippen LogP contribution >= 0.6 is 11.6 Å². The highest BCUT2D eigenvalue weighted by molar-refractivity contribution is 6.31. The largest absolute Gasteiger partial charge is 0.392 e. The molecule has 0 aliphatic rings. The van der Waals surface area contributed by atoms with Crippen LogP contribution in [0.3, 0.4) is 0 Å². The monoisotopic (exact) mass is 303 g/mol. The van der Waals surface area contributed by atoms with Crippen LogP contribution in [-0.4, -0.2) is 11.0 Å². The molecule has 0 saturated heterocycles. The summed E-state index contributed by atoms with van der Waals surface area (Å²) in [5.41, 5.74) is 2.43. The summed E-state index contributed by atoms with van der Waals surface area (Å²) in [4.78, 5) is 12.2. The van der Waals surface area contributed by atoms with E-state index in [0.29, 0.717) is 17.1 Å². The molecule has 2 aromatic rings. The van der Waals surface area contributed by atoms with Gasteiger partial charge in [-0.05, 0) is 35.7 Å². The van der Waals surface area contributed by atoms with E-state index in [1.807, 2.05) is 37.3 Å². The van der Waals surface area contributed by atoms with E-state index in [0.717, 1.165) is 11.1 Å². The number of nitrogens with one attached hydrogen (secondary N) is 1. The van der Waals surface area contributed by atoms with Crippen LogP contribution in [0.4, 0.5) is 5.69 Å². The van der Waals surface area contributed by atoms with E-state index < -0.39 is 0 Å². The van der Waals surface area contributed by atoms with Crippen molar-refractivity contribution in [1.29, 1.82) is 0 Å². The van der Waals surface area contributed by atoms with Gasteiger partial charge in [-0.25, -0.2) is 0 Å². The molecule has 2 N–H and O–H groups in total. The molecule has 1 unspecified atom stereocenters. The Morgan fingerprint density at radius 1 is 1.24 bits per heavy atom. The maximum absolute atomic E-state index is 12.2. The quantitative estimate of drug-likeness (QED) is 0.886. The molecule has 1 amide bonds. The zero-order valence-electron chi connectivity index (χ0n) is 11.8. The first-order valence-electron chi connectivity index (χ1n) is 6.84. The summed E-state index contributed by atoms with van der Waals surface area (Å²) in [6.07, 6.45) is 0.588. The molecule has 21 heavy (non-hydrogen) atoms. The van der Waals surface area contributed by atoms with Crippen molar-refractivity contribution in [3.63, 3.8) is 0 Å². The Morgan fingerprint density at radius 3 is 2.71 bits per heavy atom. The molecule has 0 spiro atoms. The summed E-state index contributed by atoms with van der Waals surface area (Å²) in [6, 6.07) is 14.7. The van der Waals surface area contributed by atoms with Gasteiger partial charge in [0.05, 0.1) is 6.61 Å². The van der Waals surface area contributed by atoms with Gasteiger partial charge in [0.25, 0.3) is 0 Å². The highest BCUT2D eigenvalue weighted by Gasteiger charge is 2.15. The van der Waals surface area contributed by atoms with Crippen LogP contribution in [0.2, 0.25) is 5.02 Å². The van der Waals surface area contributed by atoms with Gasteiger partial charge in [0.2, 0.25) is 5.91 Å². The second-order valence-electron chi connectivity index (χ2n) is 5.04. The summed E-state index contributed by atoms with van der Waals surface area (Å²) in [5, 5.41) is 12.6. The number of amides is 1. The molecule has 110 valence electrons. The Hall–Kier alpha value is -1.84. The summed E-state index contributed by atoms with van der Waals surface area (Å²) in [7, 11) is 0. The minimum absolute atomic E-state index is 0.0428. The molecular weight excluding hydrogens is 286 g/mol. The third-order valence-corrected chi connectivity index (χ3v) is 3.68. The van der Waals surface area contributed by atoms with E-state index in [4.69, 9.17) is 16.7 Å². The Labute approximate surface area is 129 Å². The minimum Gasteiger partial charge on any atom is -0.392 e. The molecule has 0 saturated carbocycles. The number of carbonyl (C=O) groups excluding carboxylic acids is 1. The predicted molar refractivity (Wildman–Crippen MR) is 85.3 cm³/mol. The first-order valence-corrected chi connectivity index (χ1v) is 7.22. The zero-order valence-corrected chi connectivity index (χ0v) is 12.6. The van der Waals surface area contributed by atoms with Gasteiger partial charge in [-0.1, -0.05) is 48.9 Å². The van der Waals surface area contributed by atoms with Gasteiger partial charge in [-0.15, -0.1) is 0 Å². The molecule has 4 heteroatoms. The van der Waals surface area contributed by atoms with Crippen LogP contribution < -0.4 is 5.32 Å². The average Bonchev–Trinajstić information content (AvgIpc) is 2.49. The van der Waals surface area contributed by atoms with E-state index in [1.165, 1.54) is 0 Å². The van der Waals surface area contributed by atoms with Crippen molar-refractivity contribution in [2.75, 3.05) is 5.32 Å². The number of benzene rings is 2. The molecule has 1 atom stereocenters. The number of rotatable bonds is 5. The Balaban J connectivity index is 2.01. The van der Waals surface area contributed by atoms with Crippen LogP contribution in [0.5, 0.6) is 0 Å². The lowest BCUT2D eigenvalue weighted by atomic mass is 10.00. The first-order chi connectivity index (χ1) is 10.1. The van der Waals surface area contributed by atoms with Gasteiger partial charge in [-0.3, -0.25) is 4.79 Å². The average molecular weight is 304 g/mol. The van der Waals surface area contributed by atoms with Gasteiger partial charge in [0.1, 0.15) is 0 Å². The van der Waals surface area contributed by atoms with Gasteiger partial charge in [0.15, 0.2) is 0 Å². The van der Waals surface area contributed by atoms with Crippen LogP contribution in [0.15, 0.2) is 48.5 Å². The summed E-state index contributed by atoms with van der Waals surface area (Å²) in [5.74, 6) is -0.257. The molecule has 2 rings (SSSR count). The number of hydrogen-bond donors (Lipinski definition) is 2. The first kappa shape index (κ1) is 15.5. The van der Waals surface area contributed by atoms with Crippen LogP contribution in [0.1, 0.15) is 18.1 Å². The zero-order chi connectivity index (χ0) is 15.2. The molecule has 0 aliphatic carbocycles. The van der Waals surface area contributed by atoms with Crippen molar-refractivity contribution >= 4 is 23.2 Å². The maximum atomic E-state index is 12.2. The second kappa shape index (κ2) is 7.25. The summed E-state index contributed by atoms with van der Waals surface area (Å²) in [6.45, 7) is 1.83. The van der Waals surface area contributed by atoms with Crippen LogP contribution in [0.25, 0.3) is 0 Å². The van der Waals surface area contributed by atoms with E-state index in [2.05, 4.69) is 5.32 Å². The predicted octanol–water partition coefficient (Wildman–Crippen LogP) is 3.65. The molecule has 0 aliphatic heterocycles. The summed E-state index contributed by atoms with van der Waals surface area (Å²) < 4.78 is 0. The molecule has 3 nitrogen and oxygen atoms in total. The molecule has 0 heterocycles. The SMILES string of the molecule is CC(Cc1ccccc1Cl)C(=O)Nc1cccc(CO)c1. The van der Waals surface area contributed by atoms with Crippen molar-refractivity contribution in [2.45, 2.75) is 20.0 Å². The fourth-order valence-electron chi connectivity index (χ4n) is 2.10. The summed E-state index contributed by atoms with van der Waals surface area (Å²) >= 11 is 6.11. The molecule has 2 aromatic carbocycles. The van der Waals surface area contributed by atoms with Crippen LogP contribution in [-0.2, 0) is 17.8 Å². The third kappa shape index (κ3) is 4.31. The van der Waals surface area contributed by atoms with Crippen molar-refractivity contribution in [3.8, 4) is 0 Å². The van der Waals surface area contributed by atoms with Crippen LogP contribution in [0, 0.1) is 5.92 Å². The Bertz CT molecular complexity index is 628. The van der Waals surface area contributed by atoms with Gasteiger partial charge >= 0.3 is 0 Å². The number of hydrogen-bond acceptors (Lipinski definition) is 2. The molecule has 0 fully saturated rings. The third-order valence-electron chi connectivity index (χ3n) is 3.31. The number of aliphatic hydroxyl groups excluding tert-OH is 1. The topological polar surface area (TPSA) is 49.3 Å². The molecular formula is C17H18ClNO2. The van der Waals surface area contributed by atoms with Gasteiger partial charge in [-0.2, -0.15) is 0 Å². The smallest absolute Gasteiger partial charge is 0.227 e. The standard InChI is InChI=1S/C17H18ClNO2/c1-12(9-14-6-2-3-8-16(14)18)17(21)19-15-7-4-5-13(10-15)11-20/h2-8,10,12,20H,9,11H2,1H3,(H,19,21). The second-order valence-corrected chi connectivity index (χ2v) is 5.45. The lowest BCUT2D eigenvalue weighted by Crippen LogP contribution is -2.22. The lowest BCUT2D eigenvalue weighted by molar-refractivity contribution is -0.119. The Kier molecular flexibility index (Phi) is 5.37. The number of halogens is 1. The van der Waals surface area contributed by atoms with Crippen molar-refractivity contribution in [3.05, 3.63) is 64.7 Å². The van der Waals surface area contributed by atoms with Crippen molar-refractivity contribution in [2.24, 2.45) is 5.92 Å². The normalized spacial score (nSPS) is 12.0.